The molecule has 36 heavy (non-hydrogen) atoms. The van der Waals surface area contributed by atoms with Crippen LogP contribution in [0.15, 0.2) is 22.2 Å². The first-order chi connectivity index (χ1) is 17.1. The third kappa shape index (κ3) is 6.64. The maximum atomic E-state index is 11.9. The molecule has 2 aromatic heterocycles. The number of thiophene rings is 1. The first kappa shape index (κ1) is 28.4. The van der Waals surface area contributed by atoms with Crippen molar-refractivity contribution in [2.75, 3.05) is 49.8 Å². The fourth-order valence-corrected chi connectivity index (χ4v) is 4.68. The van der Waals surface area contributed by atoms with E-state index in [1.807, 2.05) is 6.07 Å². The molecule has 2 aromatic rings. The predicted octanol–water partition coefficient (Wildman–Crippen LogP) is 4.23. The number of anilines is 2. The van der Waals surface area contributed by atoms with E-state index < -0.39 is 9.84 Å². The van der Waals surface area contributed by atoms with Crippen molar-refractivity contribution in [2.45, 2.75) is 20.3 Å². The summed E-state index contributed by atoms with van der Waals surface area (Å²) in [6.45, 7) is 7.79. The quantitative estimate of drug-likeness (QED) is 0.314. The molecule has 0 spiro atoms. The summed E-state index contributed by atoms with van der Waals surface area (Å²) in [4.78, 5) is 6.54. The number of nitriles is 3. The van der Waals surface area contributed by atoms with Gasteiger partial charge in [0.2, 0.25) is 0 Å². The number of nitrogens with zero attached hydrogens (tertiary/aromatic N) is 7. The Labute approximate surface area is 214 Å². The Morgan fingerprint density at radius 3 is 2.44 bits per heavy atom. The van der Waals surface area contributed by atoms with E-state index in [-0.39, 0.29) is 28.4 Å². The molecule has 0 unspecified atom stereocenters. The molecule has 0 atom stereocenters. The summed E-state index contributed by atoms with van der Waals surface area (Å²) in [6.07, 6.45) is 0.671. The lowest BCUT2D eigenvalue weighted by Gasteiger charge is -2.22. The minimum absolute atomic E-state index is 0.0936. The lowest BCUT2D eigenvalue weighted by Crippen LogP contribution is -2.26. The van der Waals surface area contributed by atoms with Crippen LogP contribution in [0, 0.1) is 47.8 Å². The zero-order chi connectivity index (χ0) is 26.9. The monoisotopic (exact) mass is 526 g/mol. The van der Waals surface area contributed by atoms with Crippen molar-refractivity contribution in [2.24, 2.45) is 10.2 Å². The molecule has 0 aliphatic rings. The molecule has 2 rings (SSSR count). The van der Waals surface area contributed by atoms with Crippen molar-refractivity contribution in [1.29, 1.82) is 15.8 Å². The van der Waals surface area contributed by atoms with Gasteiger partial charge in [0.05, 0.1) is 16.9 Å². The smallest absolute Gasteiger partial charge is 0.172 e. The number of azo groups is 1. The maximum Gasteiger partial charge on any atom is 0.172 e. The number of aromatic nitrogens is 1. The van der Waals surface area contributed by atoms with Gasteiger partial charge in [-0.1, -0.05) is 6.58 Å². The van der Waals surface area contributed by atoms with Gasteiger partial charge in [0.1, 0.15) is 34.6 Å². The fraction of sp³-hybridized carbons (Fsp3) is 0.391. The molecule has 11 nitrogen and oxygen atoms in total. The van der Waals surface area contributed by atoms with E-state index in [0.717, 1.165) is 16.7 Å². The summed E-state index contributed by atoms with van der Waals surface area (Å²) in [5, 5.41) is 41.6. The van der Waals surface area contributed by atoms with Gasteiger partial charge in [-0.3, -0.25) is 0 Å². The molecule has 2 heterocycles. The molecule has 1 N–H and O–H groups in total. The number of methoxy groups -OCH3 is 1. The van der Waals surface area contributed by atoms with Gasteiger partial charge < -0.3 is 15.0 Å². The van der Waals surface area contributed by atoms with Gasteiger partial charge in [0, 0.05) is 44.8 Å². The molecule has 0 saturated heterocycles. The van der Waals surface area contributed by atoms with Crippen molar-refractivity contribution in [1.82, 2.24) is 4.98 Å². The normalized spacial score (nSPS) is 11.0. The molecule has 0 aromatic carbocycles. The van der Waals surface area contributed by atoms with Crippen LogP contribution in [0.3, 0.4) is 0 Å². The number of rotatable bonds is 12. The summed E-state index contributed by atoms with van der Waals surface area (Å²) in [6, 6.07) is 6.23. The number of hydrogen-bond acceptors (Lipinski definition) is 12. The molecule has 0 saturated carbocycles. The Kier molecular flexibility index (Phi) is 10.1. The Morgan fingerprint density at radius 2 is 1.86 bits per heavy atom. The van der Waals surface area contributed by atoms with Gasteiger partial charge in [-0.25, -0.2) is 13.4 Å². The van der Waals surface area contributed by atoms with Crippen molar-refractivity contribution in [3.05, 3.63) is 39.1 Å². The molecule has 0 aliphatic heterocycles. The van der Waals surface area contributed by atoms with Crippen molar-refractivity contribution < 1.29 is 13.2 Å². The lowest BCUT2D eigenvalue weighted by molar-refractivity contribution is 0.198. The van der Waals surface area contributed by atoms with E-state index in [2.05, 4.69) is 39.2 Å². The highest BCUT2D eigenvalue weighted by atomic mass is 32.2. The van der Waals surface area contributed by atoms with Crippen LogP contribution in [0.5, 0.6) is 0 Å². The zero-order valence-electron chi connectivity index (χ0n) is 20.5. The van der Waals surface area contributed by atoms with Crippen LogP contribution in [0.4, 0.5) is 22.3 Å². The third-order valence-corrected chi connectivity index (χ3v) is 7.57. The van der Waals surface area contributed by atoms with Crippen molar-refractivity contribution in [3.8, 4) is 18.2 Å². The molecular weight excluding hydrogens is 500 g/mol. The second-order valence-corrected chi connectivity index (χ2v) is 10.7. The summed E-state index contributed by atoms with van der Waals surface area (Å²) in [7, 11) is -0.197. The topological polar surface area (TPSA) is 168 Å². The highest BCUT2D eigenvalue weighted by molar-refractivity contribution is 7.94. The molecule has 0 radical (unpaired) electrons. The summed E-state index contributed by atoms with van der Waals surface area (Å²) in [5.41, 5.74) is 1.79. The average Bonchev–Trinajstić information content (AvgIpc) is 3.18. The largest absolute Gasteiger partial charge is 0.385 e. The highest BCUT2D eigenvalue weighted by Crippen LogP contribution is 2.39. The van der Waals surface area contributed by atoms with Crippen molar-refractivity contribution >= 4 is 43.5 Å². The summed E-state index contributed by atoms with van der Waals surface area (Å²) in [5.74, 6) is 0.443. The average molecular weight is 527 g/mol. The molecule has 188 valence electrons. The second-order valence-electron chi connectivity index (χ2n) is 7.63. The van der Waals surface area contributed by atoms with E-state index in [9.17, 15) is 24.2 Å². The first-order valence-corrected chi connectivity index (χ1v) is 13.3. The highest BCUT2D eigenvalue weighted by Gasteiger charge is 2.21. The van der Waals surface area contributed by atoms with Crippen LogP contribution in [-0.4, -0.2) is 53.0 Å². The number of nitrogens with one attached hydrogen (secondary N) is 1. The van der Waals surface area contributed by atoms with Crippen LogP contribution in [0.2, 0.25) is 0 Å². The van der Waals surface area contributed by atoms with E-state index in [1.165, 1.54) is 0 Å². The standard InChI is InChI=1S/C23H26N8O3S2/c1-6-36(32,33)11-9-31(4)22-17(12-24)16(3)20(21(28-22)27-8-7-10-34-5)29-30-23-18(13-25)15(2)19(14-26)35-23/h6H,1,7-11H2,2-5H3,(H,27,28). The summed E-state index contributed by atoms with van der Waals surface area (Å²) >= 11 is 1.06. The molecule has 0 bridgehead atoms. The van der Waals surface area contributed by atoms with Gasteiger partial charge in [-0.2, -0.15) is 15.8 Å². The molecule has 0 fully saturated rings. The van der Waals surface area contributed by atoms with Gasteiger partial charge in [0.25, 0.3) is 0 Å². The number of sulfone groups is 1. The number of hydrogen-bond donors (Lipinski definition) is 1. The van der Waals surface area contributed by atoms with Crippen LogP contribution >= 0.6 is 11.3 Å². The Hall–Kier alpha value is -3.83. The maximum absolute atomic E-state index is 11.9. The van der Waals surface area contributed by atoms with Gasteiger partial charge in [-0.05, 0) is 25.8 Å². The van der Waals surface area contributed by atoms with Gasteiger partial charge >= 0.3 is 0 Å². The molecule has 0 amide bonds. The predicted molar refractivity (Wildman–Crippen MR) is 139 cm³/mol. The summed E-state index contributed by atoms with van der Waals surface area (Å²) < 4.78 is 28.8. The molecule has 13 heteroatoms. The van der Waals surface area contributed by atoms with Crippen LogP contribution < -0.4 is 10.2 Å². The van der Waals surface area contributed by atoms with Crippen LogP contribution in [0.1, 0.15) is 33.6 Å². The Bertz CT molecular complexity index is 1390. The minimum atomic E-state index is -3.44. The van der Waals surface area contributed by atoms with Gasteiger partial charge in [-0.15, -0.1) is 21.6 Å². The molecular formula is C23H26N8O3S2. The SMILES string of the molecule is C=CS(=O)(=O)CCN(C)c1nc(NCCCOC)c(N=Nc2sc(C#N)c(C)c2C#N)c(C)c1C#N. The van der Waals surface area contributed by atoms with E-state index >= 15 is 0 Å². The number of ether oxygens (including phenoxy) is 1. The van der Waals surface area contributed by atoms with Crippen LogP contribution in [0.25, 0.3) is 0 Å². The fourth-order valence-electron chi connectivity index (χ4n) is 3.11. The third-order valence-electron chi connectivity index (χ3n) is 5.23. The van der Waals surface area contributed by atoms with E-state index in [0.29, 0.717) is 52.9 Å². The van der Waals surface area contributed by atoms with Crippen LogP contribution in [-0.2, 0) is 14.6 Å². The lowest BCUT2D eigenvalue weighted by atomic mass is 10.1. The molecule has 0 aliphatic carbocycles. The first-order valence-electron chi connectivity index (χ1n) is 10.7. The van der Waals surface area contributed by atoms with Gasteiger partial charge in [0.15, 0.2) is 20.7 Å². The second kappa shape index (κ2) is 12.8. The van der Waals surface area contributed by atoms with E-state index in [1.54, 1.807) is 32.9 Å². The zero-order valence-corrected chi connectivity index (χ0v) is 22.1. The Morgan fingerprint density at radius 1 is 1.17 bits per heavy atom. The minimum Gasteiger partial charge on any atom is -0.385 e. The Balaban J connectivity index is 2.59. The van der Waals surface area contributed by atoms with Crippen molar-refractivity contribution in [3.63, 3.8) is 0 Å². The van der Waals surface area contributed by atoms with E-state index in [4.69, 9.17) is 4.74 Å². The number of pyridine rings is 1.